The molecule has 0 aliphatic carbocycles. The number of carbonyl (C=O) groups excluding carboxylic acids is 1. The van der Waals surface area contributed by atoms with Gasteiger partial charge in [0.2, 0.25) is 0 Å². The third-order valence-electron chi connectivity index (χ3n) is 7.61. The van der Waals surface area contributed by atoms with Crippen LogP contribution in [0.3, 0.4) is 0 Å². The Bertz CT molecular complexity index is 1130. The summed E-state index contributed by atoms with van der Waals surface area (Å²) in [7, 11) is -2.17. The number of piperidine rings is 1. The van der Waals surface area contributed by atoms with Gasteiger partial charge in [0.05, 0.1) is 23.2 Å². The molecular weight excluding hydrogens is 582 g/mol. The summed E-state index contributed by atoms with van der Waals surface area (Å²) in [6, 6.07) is 13.8. The fourth-order valence-electron chi connectivity index (χ4n) is 4.42. The van der Waals surface area contributed by atoms with E-state index < -0.39 is 31.5 Å². The molecule has 39 heavy (non-hydrogen) atoms. The molecule has 9 nitrogen and oxygen atoms in total. The minimum atomic E-state index is -2.17. The third kappa shape index (κ3) is 8.50. The van der Waals surface area contributed by atoms with Crippen LogP contribution < -0.4 is 5.32 Å². The lowest BCUT2D eigenvalue weighted by atomic mass is 9.94. The van der Waals surface area contributed by atoms with Gasteiger partial charge in [-0.05, 0) is 55.1 Å². The number of hydrogen-bond donors (Lipinski definition) is 2. The van der Waals surface area contributed by atoms with E-state index in [4.69, 9.17) is 9.16 Å². The monoisotopic (exact) mass is 621 g/mol. The highest BCUT2D eigenvalue weighted by Gasteiger charge is 2.44. The average Bonchev–Trinajstić information content (AvgIpc) is 2.87. The van der Waals surface area contributed by atoms with Gasteiger partial charge in [-0.15, -0.1) is 0 Å². The summed E-state index contributed by atoms with van der Waals surface area (Å²) in [5, 5.41) is 25.5. The van der Waals surface area contributed by atoms with Crippen LogP contribution in [-0.2, 0) is 15.8 Å². The van der Waals surface area contributed by atoms with Crippen LogP contribution in [0.1, 0.15) is 45.6 Å². The second-order valence-corrected chi connectivity index (χ2v) is 17.2. The number of carbonyl (C=O) groups is 1. The molecule has 2 N–H and O–H groups in total. The molecular formula is C28H40BrN3O6Si. The van der Waals surface area contributed by atoms with Crippen LogP contribution in [0, 0.1) is 10.1 Å². The Morgan fingerprint density at radius 1 is 1.26 bits per heavy atom. The fraction of sp³-hybridized carbons (Fsp3) is 0.536. The smallest absolute Gasteiger partial charge is 0.410 e. The lowest BCUT2D eigenvalue weighted by Crippen LogP contribution is -2.57. The molecule has 3 atom stereocenters. The van der Waals surface area contributed by atoms with Crippen molar-refractivity contribution in [1.29, 1.82) is 0 Å². The van der Waals surface area contributed by atoms with Gasteiger partial charge in [0.25, 0.3) is 5.69 Å². The number of anilines is 1. The summed E-state index contributed by atoms with van der Waals surface area (Å²) in [6.45, 7) is 11.6. The average molecular weight is 623 g/mol. The maximum absolute atomic E-state index is 13.3. The molecule has 214 valence electrons. The van der Waals surface area contributed by atoms with E-state index in [2.05, 4.69) is 55.1 Å². The second-order valence-electron chi connectivity index (χ2n) is 11.5. The predicted molar refractivity (Wildman–Crippen MR) is 158 cm³/mol. The van der Waals surface area contributed by atoms with E-state index in [1.165, 1.54) is 6.07 Å². The van der Waals surface area contributed by atoms with Crippen molar-refractivity contribution in [2.24, 2.45) is 0 Å². The van der Waals surface area contributed by atoms with Gasteiger partial charge >= 0.3 is 6.09 Å². The third-order valence-corrected chi connectivity index (χ3v) is 12.6. The van der Waals surface area contributed by atoms with Gasteiger partial charge < -0.3 is 24.5 Å². The maximum Gasteiger partial charge on any atom is 0.410 e. The number of hydrogen-bond acceptors (Lipinski definition) is 7. The van der Waals surface area contributed by atoms with Gasteiger partial charge in [-0.2, -0.15) is 0 Å². The molecule has 0 radical (unpaired) electrons. The standard InChI is InChI=1S/C28H40BrN3O6Si/c1-28(2,3)39(4,5)38-26-12-9-15-31(27(34)37-19-20-10-7-6-8-11-20)25(26)17-22(33)18-30-23-14-13-21(29)16-24(23)32(35)36/h6-8,10-11,13-14,16,22,25-26,30,33H,9,12,15,17-19H2,1-5H3/t22?,25-,26+/m1/s1. The largest absolute Gasteiger partial charge is 0.445 e. The molecule has 2 aromatic carbocycles. The number of benzene rings is 2. The van der Waals surface area contributed by atoms with Gasteiger partial charge in [-0.1, -0.05) is 67.0 Å². The van der Waals surface area contributed by atoms with Crippen LogP contribution in [0.25, 0.3) is 0 Å². The molecule has 1 heterocycles. The highest BCUT2D eigenvalue weighted by Crippen LogP contribution is 2.40. The van der Waals surface area contributed by atoms with E-state index in [0.717, 1.165) is 18.4 Å². The first-order valence-electron chi connectivity index (χ1n) is 13.3. The van der Waals surface area contributed by atoms with Crippen LogP contribution in [0.15, 0.2) is 53.0 Å². The van der Waals surface area contributed by atoms with E-state index in [0.29, 0.717) is 16.7 Å². The molecule has 3 rings (SSSR count). The van der Waals surface area contributed by atoms with Crippen molar-refractivity contribution in [3.8, 4) is 0 Å². The molecule has 2 aromatic rings. The zero-order valence-corrected chi connectivity index (χ0v) is 25.9. The summed E-state index contributed by atoms with van der Waals surface area (Å²) in [4.78, 5) is 26.0. The fourth-order valence-corrected chi connectivity index (χ4v) is 6.15. The number of ether oxygens (including phenoxy) is 1. The SMILES string of the molecule is CC(C)(C)[Si](C)(C)O[C@H]1CCCN(C(=O)OCc2ccccc2)[C@@H]1CC(O)CNc1ccc(Br)cc1[N+](=O)[O-]. The van der Waals surface area contributed by atoms with Crippen molar-refractivity contribution in [1.82, 2.24) is 4.90 Å². The van der Waals surface area contributed by atoms with Crippen molar-refractivity contribution in [3.63, 3.8) is 0 Å². The number of nitrogens with one attached hydrogen (secondary N) is 1. The van der Waals surface area contributed by atoms with Crippen molar-refractivity contribution in [3.05, 3.63) is 68.7 Å². The van der Waals surface area contributed by atoms with Gasteiger partial charge in [0.15, 0.2) is 8.32 Å². The Hall–Kier alpha value is -2.47. The molecule has 11 heteroatoms. The topological polar surface area (TPSA) is 114 Å². The molecule has 1 saturated heterocycles. The Balaban J connectivity index is 1.76. The zero-order chi connectivity index (χ0) is 28.8. The van der Waals surface area contributed by atoms with Crippen molar-refractivity contribution < 1.29 is 24.0 Å². The summed E-state index contributed by atoms with van der Waals surface area (Å²) in [5.74, 6) is 0. The second kappa shape index (κ2) is 13.3. The minimum Gasteiger partial charge on any atom is -0.445 e. The first kappa shape index (κ1) is 31.1. The lowest BCUT2D eigenvalue weighted by molar-refractivity contribution is -0.384. The quantitative estimate of drug-likeness (QED) is 0.172. The Morgan fingerprint density at radius 3 is 2.59 bits per heavy atom. The molecule has 0 spiro atoms. The van der Waals surface area contributed by atoms with Crippen molar-refractivity contribution in [2.75, 3.05) is 18.4 Å². The van der Waals surface area contributed by atoms with Crippen LogP contribution in [-0.4, -0.2) is 60.7 Å². The molecule has 1 aliphatic rings. The molecule has 0 saturated carbocycles. The minimum absolute atomic E-state index is 0.0195. The Kier molecular flexibility index (Phi) is 10.6. The summed E-state index contributed by atoms with van der Waals surface area (Å²) < 4.78 is 13.1. The van der Waals surface area contributed by atoms with E-state index in [1.54, 1.807) is 17.0 Å². The van der Waals surface area contributed by atoms with Crippen molar-refractivity contribution in [2.45, 2.75) is 83.0 Å². The number of halogens is 1. The lowest BCUT2D eigenvalue weighted by Gasteiger charge is -2.46. The Labute approximate surface area is 240 Å². The number of aliphatic hydroxyl groups is 1. The number of nitro groups is 1. The first-order chi connectivity index (χ1) is 18.3. The highest BCUT2D eigenvalue weighted by atomic mass is 79.9. The molecule has 0 aromatic heterocycles. The van der Waals surface area contributed by atoms with Crippen LogP contribution in [0.5, 0.6) is 0 Å². The number of rotatable bonds is 10. The van der Waals surface area contributed by atoms with Crippen molar-refractivity contribution >= 4 is 41.7 Å². The number of amides is 1. The van der Waals surface area contributed by atoms with E-state index in [9.17, 15) is 20.0 Å². The molecule has 1 aliphatic heterocycles. The van der Waals surface area contributed by atoms with Gasteiger partial charge in [0.1, 0.15) is 12.3 Å². The van der Waals surface area contributed by atoms with Crippen LogP contribution in [0.4, 0.5) is 16.2 Å². The van der Waals surface area contributed by atoms with E-state index >= 15 is 0 Å². The zero-order valence-electron chi connectivity index (χ0n) is 23.4. The maximum atomic E-state index is 13.3. The van der Waals surface area contributed by atoms with E-state index in [1.807, 2.05) is 30.3 Å². The molecule has 1 fully saturated rings. The molecule has 1 amide bonds. The summed E-state index contributed by atoms with van der Waals surface area (Å²) >= 11 is 3.26. The van der Waals surface area contributed by atoms with Crippen LogP contribution >= 0.6 is 15.9 Å². The Morgan fingerprint density at radius 2 is 1.95 bits per heavy atom. The number of aliphatic hydroxyl groups excluding tert-OH is 1. The molecule has 0 bridgehead atoms. The molecule has 1 unspecified atom stereocenters. The van der Waals surface area contributed by atoms with Gasteiger partial charge in [-0.3, -0.25) is 10.1 Å². The van der Waals surface area contributed by atoms with Crippen LogP contribution in [0.2, 0.25) is 18.1 Å². The van der Waals surface area contributed by atoms with Gasteiger partial charge in [0, 0.05) is 23.6 Å². The summed E-state index contributed by atoms with van der Waals surface area (Å²) in [5.41, 5.74) is 1.13. The normalized spacial score (nSPS) is 18.9. The summed E-state index contributed by atoms with van der Waals surface area (Å²) in [6.07, 6.45) is 0.230. The number of nitrogens with zero attached hydrogens (tertiary/aromatic N) is 2. The number of likely N-dealkylation sites (tertiary alicyclic amines) is 1. The van der Waals surface area contributed by atoms with Gasteiger partial charge in [-0.25, -0.2) is 4.79 Å². The van der Waals surface area contributed by atoms with E-state index in [-0.39, 0.29) is 36.4 Å². The number of nitro benzene ring substituents is 1. The first-order valence-corrected chi connectivity index (χ1v) is 17.0. The predicted octanol–water partition coefficient (Wildman–Crippen LogP) is 6.71. The highest BCUT2D eigenvalue weighted by molar-refractivity contribution is 9.10.